The molecule has 24 heavy (non-hydrogen) atoms. The van der Waals surface area contributed by atoms with Crippen molar-refractivity contribution in [2.75, 3.05) is 25.3 Å². The average Bonchev–Trinajstić information content (AvgIpc) is 2.95. The van der Waals surface area contributed by atoms with Crippen LogP contribution in [0, 0.1) is 5.92 Å². The van der Waals surface area contributed by atoms with Crippen LogP contribution in [-0.4, -0.2) is 24.5 Å². The molecule has 1 aromatic heterocycles. The summed E-state index contributed by atoms with van der Waals surface area (Å²) < 4.78 is 30.2. The Bertz CT molecular complexity index is 751. The third kappa shape index (κ3) is 3.69. The van der Waals surface area contributed by atoms with Gasteiger partial charge in [0.15, 0.2) is 11.5 Å². The molecule has 0 radical (unpaired) electrons. The van der Waals surface area contributed by atoms with Crippen molar-refractivity contribution in [3.8, 4) is 0 Å². The monoisotopic (exact) mass is 372 g/mol. The molecule has 1 unspecified atom stereocenters. The topological polar surface area (TPSA) is 83.7 Å². The van der Waals surface area contributed by atoms with Gasteiger partial charge in [0.2, 0.25) is 0 Å². The molecule has 1 fully saturated rings. The highest BCUT2D eigenvalue weighted by molar-refractivity contribution is 7.53. The molecule has 0 amide bonds. The molecule has 0 saturated heterocycles. The molecule has 2 N–H and O–H groups in total. The molecule has 2 aliphatic carbocycles. The Morgan fingerprint density at radius 3 is 2.75 bits per heavy atom. The number of fused-ring (bicyclic) bond motifs is 2. The molecular formula is C16H25N2O4PS. The van der Waals surface area contributed by atoms with Crippen molar-refractivity contribution in [3.05, 3.63) is 9.88 Å². The van der Waals surface area contributed by atoms with Gasteiger partial charge in [-0.05, 0) is 44.6 Å². The van der Waals surface area contributed by atoms with Crippen LogP contribution >= 0.6 is 18.9 Å². The second-order valence-corrected chi connectivity index (χ2v) is 9.07. The van der Waals surface area contributed by atoms with E-state index in [4.69, 9.17) is 19.5 Å². The van der Waals surface area contributed by atoms with Crippen LogP contribution in [0.2, 0.25) is 0 Å². The van der Waals surface area contributed by atoms with Gasteiger partial charge in [0.25, 0.3) is 0 Å². The average molecular weight is 372 g/mol. The molecule has 0 bridgehead atoms. The lowest BCUT2D eigenvalue weighted by Gasteiger charge is -2.28. The van der Waals surface area contributed by atoms with Gasteiger partial charge in [-0.2, -0.15) is 0 Å². The van der Waals surface area contributed by atoms with E-state index in [9.17, 15) is 4.57 Å². The van der Waals surface area contributed by atoms with Gasteiger partial charge in [-0.1, -0.05) is 17.8 Å². The molecule has 8 heteroatoms. The van der Waals surface area contributed by atoms with Crippen LogP contribution < -0.4 is 15.6 Å². The Labute approximate surface area is 146 Å². The summed E-state index contributed by atoms with van der Waals surface area (Å²) in [6, 6.07) is 0. The van der Waals surface area contributed by atoms with Crippen LogP contribution in [0.4, 0.5) is 5.13 Å². The molecule has 1 saturated carbocycles. The summed E-state index contributed by atoms with van der Waals surface area (Å²) in [5.41, 5.74) is 7.35. The predicted octanol–water partition coefficient (Wildman–Crippen LogP) is 2.82. The van der Waals surface area contributed by atoms with Crippen molar-refractivity contribution < 1.29 is 18.3 Å². The Kier molecular flexibility index (Phi) is 5.65. The summed E-state index contributed by atoms with van der Waals surface area (Å²) in [6.07, 6.45) is 5.43. The Morgan fingerprint density at radius 1 is 1.29 bits per heavy atom. The minimum Gasteiger partial charge on any atom is -0.484 e. The second-order valence-electron chi connectivity index (χ2n) is 6.04. The number of aromatic nitrogens is 1. The molecular weight excluding hydrogens is 347 g/mol. The highest BCUT2D eigenvalue weighted by Crippen LogP contribution is 2.49. The quantitative estimate of drug-likeness (QED) is 0.741. The largest absolute Gasteiger partial charge is 0.484 e. The van der Waals surface area contributed by atoms with Gasteiger partial charge in [0.05, 0.1) is 23.1 Å². The lowest BCUT2D eigenvalue weighted by atomic mass is 9.80. The summed E-state index contributed by atoms with van der Waals surface area (Å²) >= 11 is 1.44. The number of ether oxygens (including phenoxy) is 1. The smallest absolute Gasteiger partial charge is 0.367 e. The number of anilines is 1. The molecule has 0 aromatic carbocycles. The maximum Gasteiger partial charge on any atom is 0.367 e. The Morgan fingerprint density at radius 2 is 2.04 bits per heavy atom. The zero-order chi connectivity index (χ0) is 17.2. The minimum atomic E-state index is -3.22. The summed E-state index contributed by atoms with van der Waals surface area (Å²) in [7, 11) is -3.22. The van der Waals surface area contributed by atoms with Crippen molar-refractivity contribution in [1.82, 2.24) is 4.98 Å². The molecule has 3 rings (SSSR count). The van der Waals surface area contributed by atoms with Gasteiger partial charge in [-0.15, -0.1) is 0 Å². The first-order valence-electron chi connectivity index (χ1n) is 8.55. The zero-order valence-electron chi connectivity index (χ0n) is 14.2. The fraction of sp³-hybridized carbons (Fsp3) is 0.688. The fourth-order valence-electron chi connectivity index (χ4n) is 3.47. The van der Waals surface area contributed by atoms with Gasteiger partial charge in [-0.25, -0.2) is 4.98 Å². The van der Waals surface area contributed by atoms with Crippen LogP contribution in [0.15, 0.2) is 0 Å². The molecule has 1 heterocycles. The van der Waals surface area contributed by atoms with Crippen LogP contribution in [-0.2, 0) is 18.3 Å². The first kappa shape index (κ1) is 17.9. The third-order valence-corrected chi connectivity index (χ3v) is 7.10. The Balaban J connectivity index is 1.91. The number of nitrogen functional groups attached to an aromatic ring is 1. The summed E-state index contributed by atoms with van der Waals surface area (Å²) in [5, 5.41) is 1.55. The van der Waals surface area contributed by atoms with Crippen LogP contribution in [0.1, 0.15) is 46.0 Å². The second kappa shape index (κ2) is 7.56. The number of hydrogen-bond acceptors (Lipinski definition) is 7. The molecule has 1 atom stereocenters. The number of rotatable bonds is 7. The van der Waals surface area contributed by atoms with Crippen molar-refractivity contribution in [2.45, 2.75) is 46.0 Å². The fourth-order valence-corrected chi connectivity index (χ4v) is 5.67. The van der Waals surface area contributed by atoms with Crippen LogP contribution in [0.25, 0.3) is 11.3 Å². The third-order valence-electron chi connectivity index (χ3n) is 4.42. The maximum atomic E-state index is 12.6. The molecule has 0 aliphatic heterocycles. The normalized spacial score (nSPS) is 20.7. The Hall–Kier alpha value is -0.880. The summed E-state index contributed by atoms with van der Waals surface area (Å²) in [4.78, 5) is 4.53. The van der Waals surface area contributed by atoms with Crippen molar-refractivity contribution >= 4 is 35.4 Å². The van der Waals surface area contributed by atoms with E-state index >= 15 is 0 Å². The standard InChI is InChI=1S/C16H25N2O4PS/c1-3-21-23(19,22-4-2)10-20-13-9-11-7-5-6-8-12(11)14-15(13)24-16(17)18-14/h11H,3-10H2,1-2H3,(H2,17,18). The van der Waals surface area contributed by atoms with Crippen molar-refractivity contribution in [2.24, 2.45) is 5.92 Å². The van der Waals surface area contributed by atoms with E-state index < -0.39 is 7.60 Å². The van der Waals surface area contributed by atoms with Gasteiger partial charge in [-0.3, -0.25) is 4.57 Å². The van der Waals surface area contributed by atoms with E-state index in [0.717, 1.165) is 34.9 Å². The summed E-state index contributed by atoms with van der Waals surface area (Å²) in [5.74, 6) is 1.29. The lowest BCUT2D eigenvalue weighted by Crippen LogP contribution is -2.35. The van der Waals surface area contributed by atoms with Crippen molar-refractivity contribution in [1.29, 1.82) is 0 Å². The molecule has 0 spiro atoms. The molecule has 6 nitrogen and oxygen atoms in total. The van der Waals surface area contributed by atoms with E-state index in [1.807, 2.05) is 0 Å². The van der Waals surface area contributed by atoms with E-state index in [-0.39, 0.29) is 6.35 Å². The SMILES string of the molecule is CCOP(=O)(COC1=c2sc(N)nc2=C2CCCCC2C1)OCC. The zero-order valence-corrected chi connectivity index (χ0v) is 16.0. The number of nitrogens with two attached hydrogens (primary N) is 1. The van der Waals surface area contributed by atoms with Gasteiger partial charge >= 0.3 is 7.60 Å². The molecule has 2 aliphatic rings. The summed E-state index contributed by atoms with van der Waals surface area (Å²) in [6.45, 7) is 4.25. The lowest BCUT2D eigenvalue weighted by molar-refractivity contribution is 0.185. The number of hydrogen-bond donors (Lipinski definition) is 1. The first-order chi connectivity index (χ1) is 11.6. The van der Waals surface area contributed by atoms with E-state index in [1.165, 1.54) is 29.8 Å². The first-order valence-corrected chi connectivity index (χ1v) is 11.1. The molecule has 1 aromatic rings. The highest BCUT2D eigenvalue weighted by atomic mass is 32.1. The van der Waals surface area contributed by atoms with Gasteiger partial charge < -0.3 is 19.5 Å². The van der Waals surface area contributed by atoms with Crippen molar-refractivity contribution in [3.63, 3.8) is 0 Å². The van der Waals surface area contributed by atoms with Gasteiger partial charge in [0.1, 0.15) is 5.76 Å². The van der Waals surface area contributed by atoms with Gasteiger partial charge in [0, 0.05) is 6.42 Å². The molecule has 134 valence electrons. The highest BCUT2D eigenvalue weighted by Gasteiger charge is 2.30. The maximum absolute atomic E-state index is 12.6. The number of nitrogens with zero attached hydrogens (tertiary/aromatic N) is 1. The van der Waals surface area contributed by atoms with Crippen LogP contribution in [0.3, 0.4) is 0 Å². The predicted molar refractivity (Wildman–Crippen MR) is 96.0 cm³/mol. The minimum absolute atomic E-state index is 0.0662. The van der Waals surface area contributed by atoms with Crippen LogP contribution in [0.5, 0.6) is 0 Å². The van der Waals surface area contributed by atoms with E-state index in [0.29, 0.717) is 24.3 Å². The number of thiazole rings is 1. The van der Waals surface area contributed by atoms with E-state index in [2.05, 4.69) is 4.98 Å². The van der Waals surface area contributed by atoms with E-state index in [1.54, 1.807) is 13.8 Å².